The third-order valence-corrected chi connectivity index (χ3v) is 5.59. The third kappa shape index (κ3) is 3.78. The van der Waals surface area contributed by atoms with Crippen LogP contribution in [0.2, 0.25) is 0 Å². The van der Waals surface area contributed by atoms with Crippen LogP contribution in [0.25, 0.3) is 10.8 Å². The summed E-state index contributed by atoms with van der Waals surface area (Å²) in [5, 5.41) is 2.51. The van der Waals surface area contributed by atoms with E-state index < -0.39 is 0 Å². The first kappa shape index (κ1) is 16.1. The van der Waals surface area contributed by atoms with Gasteiger partial charge in [0.2, 0.25) is 0 Å². The number of terminal acetylenes is 1. The highest BCUT2D eigenvalue weighted by Crippen LogP contribution is 2.38. The van der Waals surface area contributed by atoms with Gasteiger partial charge in [-0.15, -0.1) is 6.42 Å². The van der Waals surface area contributed by atoms with Crippen LogP contribution in [0.4, 0.5) is 0 Å². The average molecular weight is 304 g/mol. The van der Waals surface area contributed by atoms with Gasteiger partial charge in [0.1, 0.15) is 0 Å². The molecule has 0 unspecified atom stereocenters. The van der Waals surface area contributed by atoms with Crippen molar-refractivity contribution in [2.24, 2.45) is 5.92 Å². The van der Waals surface area contributed by atoms with Gasteiger partial charge >= 0.3 is 0 Å². The van der Waals surface area contributed by atoms with Crippen LogP contribution < -0.4 is 0 Å². The van der Waals surface area contributed by atoms with Gasteiger partial charge in [-0.2, -0.15) is 0 Å². The van der Waals surface area contributed by atoms with E-state index in [2.05, 4.69) is 43.2 Å². The summed E-state index contributed by atoms with van der Waals surface area (Å²) in [6, 6.07) is 13.2. The van der Waals surface area contributed by atoms with Crippen LogP contribution in [0.1, 0.15) is 75.3 Å². The highest BCUT2D eigenvalue weighted by molar-refractivity contribution is 5.88. The van der Waals surface area contributed by atoms with Gasteiger partial charge in [-0.3, -0.25) is 0 Å². The zero-order valence-electron chi connectivity index (χ0n) is 14.4. The number of rotatable bonds is 5. The fraction of sp³-hybridized carbons (Fsp3) is 0.478. The molecule has 3 rings (SSSR count). The van der Waals surface area contributed by atoms with E-state index in [1.807, 2.05) is 6.07 Å². The molecule has 0 N–H and O–H groups in total. The molecule has 0 bridgehead atoms. The average Bonchev–Trinajstić information content (AvgIpc) is 2.61. The SMILES string of the molecule is C#Cc1cccc2cc(C3CCC(CCCCC)CC3)ccc12. The molecule has 0 amide bonds. The lowest BCUT2D eigenvalue weighted by molar-refractivity contribution is 0.303. The van der Waals surface area contributed by atoms with Crippen molar-refractivity contribution >= 4 is 10.8 Å². The van der Waals surface area contributed by atoms with E-state index in [9.17, 15) is 0 Å². The van der Waals surface area contributed by atoms with Crippen molar-refractivity contribution in [2.75, 3.05) is 0 Å². The standard InChI is InChI=1S/C23H28/c1-3-5-6-8-18-11-13-20(14-12-18)21-15-16-23-19(4-2)9-7-10-22(23)17-21/h2,7,9-10,15-18,20H,3,5-6,8,11-14H2,1H3. The molecule has 120 valence electrons. The second-order valence-electron chi connectivity index (χ2n) is 7.14. The van der Waals surface area contributed by atoms with Crippen LogP contribution in [0.15, 0.2) is 36.4 Å². The summed E-state index contributed by atoms with van der Waals surface area (Å²) in [4.78, 5) is 0. The summed E-state index contributed by atoms with van der Waals surface area (Å²) >= 11 is 0. The Bertz CT molecular complexity index is 681. The molecule has 23 heavy (non-hydrogen) atoms. The van der Waals surface area contributed by atoms with Gasteiger partial charge in [0.25, 0.3) is 0 Å². The first-order valence-corrected chi connectivity index (χ1v) is 9.31. The van der Waals surface area contributed by atoms with Gasteiger partial charge < -0.3 is 0 Å². The van der Waals surface area contributed by atoms with Crippen LogP contribution in [0.3, 0.4) is 0 Å². The fourth-order valence-corrected chi connectivity index (χ4v) is 4.15. The lowest BCUT2D eigenvalue weighted by Crippen LogP contribution is -2.13. The number of hydrogen-bond donors (Lipinski definition) is 0. The van der Waals surface area contributed by atoms with Gasteiger partial charge in [-0.05, 0) is 59.9 Å². The minimum absolute atomic E-state index is 0.747. The lowest BCUT2D eigenvalue weighted by atomic mass is 9.76. The molecular weight excluding hydrogens is 276 g/mol. The number of benzene rings is 2. The summed E-state index contributed by atoms with van der Waals surface area (Å²) in [5.74, 6) is 4.52. The highest BCUT2D eigenvalue weighted by atomic mass is 14.3. The van der Waals surface area contributed by atoms with Gasteiger partial charge in [0, 0.05) is 5.56 Å². The minimum atomic E-state index is 0.747. The van der Waals surface area contributed by atoms with Gasteiger partial charge in [0.05, 0.1) is 0 Å². The molecule has 0 spiro atoms. The number of fused-ring (bicyclic) bond motifs is 1. The Morgan fingerprint density at radius 3 is 2.61 bits per heavy atom. The maximum Gasteiger partial charge on any atom is 0.0321 e. The molecule has 0 aromatic heterocycles. The zero-order chi connectivity index (χ0) is 16.1. The summed E-state index contributed by atoms with van der Waals surface area (Å²) < 4.78 is 0. The summed E-state index contributed by atoms with van der Waals surface area (Å²) in [6.07, 6.45) is 16.8. The Labute approximate surface area is 141 Å². The Balaban J connectivity index is 1.67. The molecule has 1 aliphatic rings. The van der Waals surface area contributed by atoms with E-state index in [1.165, 1.54) is 67.7 Å². The van der Waals surface area contributed by atoms with Crippen molar-refractivity contribution in [3.8, 4) is 12.3 Å². The lowest BCUT2D eigenvalue weighted by Gasteiger charge is -2.29. The number of hydrogen-bond acceptors (Lipinski definition) is 0. The minimum Gasteiger partial charge on any atom is -0.115 e. The molecule has 0 heteroatoms. The van der Waals surface area contributed by atoms with Gasteiger partial charge in [-0.25, -0.2) is 0 Å². The Kier molecular flexibility index (Phi) is 5.39. The molecule has 1 saturated carbocycles. The molecule has 0 aliphatic heterocycles. The quantitative estimate of drug-likeness (QED) is 0.427. The Morgan fingerprint density at radius 2 is 1.87 bits per heavy atom. The molecule has 0 saturated heterocycles. The van der Waals surface area contributed by atoms with E-state index in [4.69, 9.17) is 6.42 Å². The maximum absolute atomic E-state index is 5.61. The van der Waals surface area contributed by atoms with Crippen molar-refractivity contribution in [1.29, 1.82) is 0 Å². The van der Waals surface area contributed by atoms with Crippen molar-refractivity contribution in [1.82, 2.24) is 0 Å². The highest BCUT2D eigenvalue weighted by Gasteiger charge is 2.22. The first-order chi connectivity index (χ1) is 11.3. The van der Waals surface area contributed by atoms with Crippen LogP contribution in [-0.2, 0) is 0 Å². The molecule has 0 heterocycles. The predicted octanol–water partition coefficient (Wildman–Crippen LogP) is 6.68. The molecular formula is C23H28. The zero-order valence-corrected chi connectivity index (χ0v) is 14.4. The molecule has 0 radical (unpaired) electrons. The fourth-order valence-electron chi connectivity index (χ4n) is 4.15. The normalized spacial score (nSPS) is 21.2. The van der Waals surface area contributed by atoms with Crippen molar-refractivity contribution < 1.29 is 0 Å². The van der Waals surface area contributed by atoms with E-state index in [0.29, 0.717) is 0 Å². The number of unbranched alkanes of at least 4 members (excludes halogenated alkanes) is 2. The second-order valence-corrected chi connectivity index (χ2v) is 7.14. The largest absolute Gasteiger partial charge is 0.115 e. The van der Waals surface area contributed by atoms with Gasteiger partial charge in [-0.1, -0.05) is 68.9 Å². The van der Waals surface area contributed by atoms with Gasteiger partial charge in [0.15, 0.2) is 0 Å². The summed E-state index contributed by atoms with van der Waals surface area (Å²) in [6.45, 7) is 2.29. The van der Waals surface area contributed by atoms with Crippen LogP contribution in [0, 0.1) is 18.3 Å². The first-order valence-electron chi connectivity index (χ1n) is 9.31. The molecule has 1 fully saturated rings. The van der Waals surface area contributed by atoms with Crippen LogP contribution in [-0.4, -0.2) is 0 Å². The summed E-state index contributed by atoms with van der Waals surface area (Å²) in [5.41, 5.74) is 2.52. The monoisotopic (exact) mass is 304 g/mol. The maximum atomic E-state index is 5.61. The van der Waals surface area contributed by atoms with Crippen LogP contribution in [0.5, 0.6) is 0 Å². The van der Waals surface area contributed by atoms with E-state index >= 15 is 0 Å². The summed E-state index contributed by atoms with van der Waals surface area (Å²) in [7, 11) is 0. The molecule has 0 nitrogen and oxygen atoms in total. The second kappa shape index (κ2) is 7.69. The molecule has 2 aromatic carbocycles. The van der Waals surface area contributed by atoms with Crippen LogP contribution >= 0.6 is 0 Å². The van der Waals surface area contributed by atoms with E-state index in [0.717, 1.165) is 17.4 Å². The predicted molar refractivity (Wildman–Crippen MR) is 101 cm³/mol. The van der Waals surface area contributed by atoms with Crippen molar-refractivity contribution in [3.05, 3.63) is 47.5 Å². The molecule has 1 aliphatic carbocycles. The Hall–Kier alpha value is -1.74. The Morgan fingerprint density at radius 1 is 1.04 bits per heavy atom. The smallest absolute Gasteiger partial charge is 0.0321 e. The molecule has 2 aromatic rings. The topological polar surface area (TPSA) is 0 Å². The van der Waals surface area contributed by atoms with Crippen molar-refractivity contribution in [2.45, 2.75) is 64.2 Å². The van der Waals surface area contributed by atoms with E-state index in [-0.39, 0.29) is 0 Å². The van der Waals surface area contributed by atoms with Crippen molar-refractivity contribution in [3.63, 3.8) is 0 Å². The molecule has 0 atom stereocenters. The third-order valence-electron chi connectivity index (χ3n) is 5.59. The van der Waals surface area contributed by atoms with E-state index in [1.54, 1.807) is 0 Å².